The van der Waals surface area contributed by atoms with E-state index >= 15 is 0 Å². The number of ether oxygens (including phenoxy) is 1. The topological polar surface area (TPSA) is 129 Å². The van der Waals surface area contributed by atoms with Crippen LogP contribution in [0.2, 0.25) is 0 Å². The SMILES string of the molecule is COc1cccc2[nH]c(C(=O)N[C@@H](CC(C)C)C(=O)NC(C=O)CC3CC4(CCCCC4)NC3=O)cc12. The van der Waals surface area contributed by atoms with Crippen LogP contribution in [0.3, 0.4) is 0 Å². The second kappa shape index (κ2) is 11.4. The quantitative estimate of drug-likeness (QED) is 0.365. The van der Waals surface area contributed by atoms with Crippen LogP contribution in [0, 0.1) is 11.8 Å². The molecule has 37 heavy (non-hydrogen) atoms. The Kier molecular flexibility index (Phi) is 8.19. The number of hydrogen-bond acceptors (Lipinski definition) is 5. The van der Waals surface area contributed by atoms with E-state index in [0.717, 1.165) is 36.6 Å². The molecule has 1 aliphatic carbocycles. The highest BCUT2D eigenvalue weighted by atomic mass is 16.5. The molecule has 2 aliphatic rings. The Morgan fingerprint density at radius 3 is 2.62 bits per heavy atom. The standard InChI is InChI=1S/C28H38N4O5/c1-17(2)12-22(31-27(36)23-14-20-21(30-23)8-7-9-24(20)37-3)26(35)29-19(16-33)13-18-15-28(32-25(18)34)10-5-4-6-11-28/h7-9,14,16-19,22,30H,4-6,10-13,15H2,1-3H3,(H,29,35)(H,31,36)(H,32,34)/t18?,19?,22-/m0/s1. The van der Waals surface area contributed by atoms with Crippen molar-refractivity contribution in [3.63, 3.8) is 0 Å². The summed E-state index contributed by atoms with van der Waals surface area (Å²) in [6.45, 7) is 3.92. The van der Waals surface area contributed by atoms with Crippen LogP contribution in [-0.2, 0) is 14.4 Å². The lowest BCUT2D eigenvalue weighted by molar-refractivity contribution is -0.127. The van der Waals surface area contributed by atoms with Gasteiger partial charge in [-0.2, -0.15) is 0 Å². The Morgan fingerprint density at radius 1 is 1.19 bits per heavy atom. The maximum Gasteiger partial charge on any atom is 0.268 e. The fourth-order valence-corrected chi connectivity index (χ4v) is 5.83. The number of rotatable bonds is 10. The van der Waals surface area contributed by atoms with E-state index < -0.39 is 23.9 Å². The number of fused-ring (bicyclic) bond motifs is 1. The van der Waals surface area contributed by atoms with Crippen molar-refractivity contribution in [1.82, 2.24) is 20.9 Å². The van der Waals surface area contributed by atoms with Gasteiger partial charge in [-0.3, -0.25) is 14.4 Å². The molecular weight excluding hydrogens is 472 g/mol. The van der Waals surface area contributed by atoms with E-state index in [0.29, 0.717) is 30.6 Å². The highest BCUT2D eigenvalue weighted by Gasteiger charge is 2.45. The van der Waals surface area contributed by atoms with Crippen LogP contribution < -0.4 is 20.7 Å². The molecule has 9 nitrogen and oxygen atoms in total. The normalized spacial score (nSPS) is 20.4. The predicted octanol–water partition coefficient (Wildman–Crippen LogP) is 3.23. The van der Waals surface area contributed by atoms with E-state index in [9.17, 15) is 19.2 Å². The van der Waals surface area contributed by atoms with Gasteiger partial charge in [0.15, 0.2) is 0 Å². The van der Waals surface area contributed by atoms with Crippen molar-refractivity contribution in [1.29, 1.82) is 0 Å². The summed E-state index contributed by atoms with van der Waals surface area (Å²) < 4.78 is 5.37. The summed E-state index contributed by atoms with van der Waals surface area (Å²) in [5, 5.41) is 9.55. The molecule has 2 unspecified atom stereocenters. The van der Waals surface area contributed by atoms with Crippen molar-refractivity contribution >= 4 is 34.9 Å². The Hall–Kier alpha value is -3.36. The fourth-order valence-electron chi connectivity index (χ4n) is 5.83. The monoisotopic (exact) mass is 510 g/mol. The van der Waals surface area contributed by atoms with Gasteiger partial charge in [0.2, 0.25) is 11.8 Å². The second-order valence-corrected chi connectivity index (χ2v) is 11.0. The van der Waals surface area contributed by atoms with Gasteiger partial charge in [-0.05, 0) is 56.2 Å². The third-order valence-corrected chi connectivity index (χ3v) is 7.65. The molecule has 2 heterocycles. The zero-order valence-electron chi connectivity index (χ0n) is 21.9. The maximum absolute atomic E-state index is 13.2. The van der Waals surface area contributed by atoms with E-state index in [1.54, 1.807) is 13.2 Å². The van der Waals surface area contributed by atoms with Gasteiger partial charge in [0.1, 0.15) is 23.8 Å². The number of hydrogen-bond donors (Lipinski definition) is 4. The van der Waals surface area contributed by atoms with Crippen molar-refractivity contribution in [2.24, 2.45) is 11.8 Å². The molecule has 4 N–H and O–H groups in total. The van der Waals surface area contributed by atoms with Gasteiger partial charge in [-0.25, -0.2) is 0 Å². The first-order chi connectivity index (χ1) is 17.7. The van der Waals surface area contributed by atoms with Gasteiger partial charge < -0.3 is 30.5 Å². The lowest BCUT2D eigenvalue weighted by Gasteiger charge is -2.33. The van der Waals surface area contributed by atoms with Crippen LogP contribution in [-0.4, -0.2) is 53.7 Å². The molecule has 1 spiro atoms. The number of methoxy groups -OCH3 is 1. The number of carbonyl (C=O) groups is 4. The van der Waals surface area contributed by atoms with Crippen LogP contribution in [0.5, 0.6) is 5.75 Å². The molecular formula is C28H38N4O5. The van der Waals surface area contributed by atoms with E-state index in [4.69, 9.17) is 4.74 Å². The summed E-state index contributed by atoms with van der Waals surface area (Å²) >= 11 is 0. The third-order valence-electron chi connectivity index (χ3n) is 7.65. The number of aromatic nitrogens is 1. The molecule has 4 rings (SSSR count). The largest absolute Gasteiger partial charge is 0.496 e. The van der Waals surface area contributed by atoms with E-state index in [2.05, 4.69) is 20.9 Å². The molecule has 0 radical (unpaired) electrons. The molecule has 1 aliphatic heterocycles. The van der Waals surface area contributed by atoms with Crippen LogP contribution in [0.1, 0.15) is 75.7 Å². The summed E-state index contributed by atoms with van der Waals surface area (Å²) in [5.74, 6) is -0.434. The van der Waals surface area contributed by atoms with E-state index in [-0.39, 0.29) is 29.7 Å². The maximum atomic E-state index is 13.2. The first-order valence-corrected chi connectivity index (χ1v) is 13.3. The Bertz CT molecular complexity index is 1150. The van der Waals surface area contributed by atoms with Gasteiger partial charge in [0, 0.05) is 22.4 Å². The van der Waals surface area contributed by atoms with Crippen LogP contribution in [0.15, 0.2) is 24.3 Å². The molecule has 2 aromatic rings. The van der Waals surface area contributed by atoms with Gasteiger partial charge in [0.05, 0.1) is 13.2 Å². The molecule has 200 valence electrons. The van der Waals surface area contributed by atoms with Crippen molar-refractivity contribution in [2.45, 2.75) is 82.8 Å². The molecule has 1 aromatic carbocycles. The van der Waals surface area contributed by atoms with Crippen LogP contribution in [0.25, 0.3) is 10.9 Å². The zero-order chi connectivity index (χ0) is 26.6. The highest BCUT2D eigenvalue weighted by Crippen LogP contribution is 2.39. The van der Waals surface area contributed by atoms with Gasteiger partial charge in [-0.15, -0.1) is 0 Å². The smallest absolute Gasteiger partial charge is 0.268 e. The minimum atomic E-state index is -0.828. The molecule has 1 saturated heterocycles. The van der Waals surface area contributed by atoms with E-state index in [1.165, 1.54) is 6.42 Å². The summed E-state index contributed by atoms with van der Waals surface area (Å²) in [5.41, 5.74) is 0.905. The number of nitrogens with one attached hydrogen (secondary N) is 4. The number of H-pyrrole nitrogens is 1. The summed E-state index contributed by atoms with van der Waals surface area (Å²) in [6.07, 6.45) is 7.36. The highest BCUT2D eigenvalue weighted by molar-refractivity contribution is 6.01. The third kappa shape index (κ3) is 6.14. The van der Waals surface area contributed by atoms with Gasteiger partial charge >= 0.3 is 0 Å². The van der Waals surface area contributed by atoms with Crippen LogP contribution in [0.4, 0.5) is 0 Å². The van der Waals surface area contributed by atoms with Crippen molar-refractivity contribution in [3.05, 3.63) is 30.0 Å². The summed E-state index contributed by atoms with van der Waals surface area (Å²) in [7, 11) is 1.57. The predicted molar refractivity (Wildman–Crippen MR) is 140 cm³/mol. The molecule has 1 saturated carbocycles. The first-order valence-electron chi connectivity index (χ1n) is 13.3. The minimum Gasteiger partial charge on any atom is -0.496 e. The van der Waals surface area contributed by atoms with Crippen molar-refractivity contribution < 1.29 is 23.9 Å². The molecule has 0 bridgehead atoms. The summed E-state index contributed by atoms with van der Waals surface area (Å²) in [4.78, 5) is 53.9. The molecule has 3 amide bonds. The Balaban J connectivity index is 1.41. The number of benzene rings is 1. The Labute approximate surface area is 217 Å². The minimum absolute atomic E-state index is 0.0377. The lowest BCUT2D eigenvalue weighted by Crippen LogP contribution is -2.51. The molecule has 2 fully saturated rings. The van der Waals surface area contributed by atoms with Gasteiger partial charge in [0.25, 0.3) is 5.91 Å². The number of aromatic amines is 1. The average Bonchev–Trinajstić information content (AvgIpc) is 3.44. The second-order valence-electron chi connectivity index (χ2n) is 11.0. The summed E-state index contributed by atoms with van der Waals surface area (Å²) in [6, 6.07) is 5.55. The number of amides is 3. The zero-order valence-corrected chi connectivity index (χ0v) is 21.9. The van der Waals surface area contributed by atoms with Crippen molar-refractivity contribution in [2.75, 3.05) is 7.11 Å². The number of carbonyl (C=O) groups excluding carboxylic acids is 4. The lowest BCUT2D eigenvalue weighted by atomic mass is 9.78. The van der Waals surface area contributed by atoms with Crippen molar-refractivity contribution in [3.8, 4) is 5.75 Å². The first kappa shape index (κ1) is 26.7. The molecule has 1 aromatic heterocycles. The van der Waals surface area contributed by atoms with E-state index in [1.807, 2.05) is 32.0 Å². The molecule has 9 heteroatoms. The van der Waals surface area contributed by atoms with Gasteiger partial charge in [-0.1, -0.05) is 39.2 Å². The fraction of sp³-hybridized carbons (Fsp3) is 0.571. The molecule has 3 atom stereocenters. The average molecular weight is 511 g/mol. The number of aldehydes is 1. The Morgan fingerprint density at radius 2 is 1.95 bits per heavy atom. The van der Waals surface area contributed by atoms with Crippen LogP contribution >= 0.6 is 0 Å².